The fourth-order valence-electron chi connectivity index (χ4n) is 2.18. The third-order valence-electron chi connectivity index (χ3n) is 3.39. The van der Waals surface area contributed by atoms with Gasteiger partial charge in [-0.15, -0.1) is 0 Å². The van der Waals surface area contributed by atoms with Gasteiger partial charge >= 0.3 is 18.2 Å². The van der Waals surface area contributed by atoms with Crippen LogP contribution in [0.5, 0.6) is 0 Å². The molecule has 0 radical (unpaired) electrons. The molecular weight excluding hydrogens is 371 g/mol. The molecule has 27 heavy (non-hydrogen) atoms. The number of amides is 1. The van der Waals surface area contributed by atoms with Crippen LogP contribution in [0.1, 0.15) is 54.8 Å². The van der Waals surface area contributed by atoms with Crippen LogP contribution in [0.25, 0.3) is 0 Å². The zero-order chi connectivity index (χ0) is 21.0. The maximum atomic E-state index is 13.0. The van der Waals surface area contributed by atoms with Gasteiger partial charge in [-0.1, -0.05) is 6.07 Å². The molecule has 1 rings (SSSR count). The number of rotatable bonds is 6. The summed E-state index contributed by atoms with van der Waals surface area (Å²) in [5, 5.41) is 31.2. The van der Waals surface area contributed by atoms with Gasteiger partial charge in [-0.05, 0) is 44.9 Å². The number of aliphatic hydroxyl groups is 2. The normalized spacial score (nSPS) is 14.4. The van der Waals surface area contributed by atoms with Crippen molar-refractivity contribution in [1.82, 2.24) is 5.32 Å². The summed E-state index contributed by atoms with van der Waals surface area (Å²) in [6.07, 6.45) is -9.03. The van der Waals surface area contributed by atoms with Crippen LogP contribution < -0.4 is 5.32 Å². The highest BCUT2D eigenvalue weighted by Crippen LogP contribution is 2.34. The van der Waals surface area contributed by atoms with Crippen LogP contribution in [-0.4, -0.2) is 45.6 Å². The molecule has 0 aliphatic rings. The number of carboxylic acids is 1. The molecule has 0 spiro atoms. The van der Waals surface area contributed by atoms with Crippen molar-refractivity contribution in [1.29, 1.82) is 0 Å². The van der Waals surface area contributed by atoms with Crippen LogP contribution >= 0.6 is 0 Å². The monoisotopic (exact) mass is 393 g/mol. The number of aromatic carboxylic acids is 1. The number of ether oxygens (including phenoxy) is 1. The van der Waals surface area contributed by atoms with Crippen molar-refractivity contribution >= 4 is 12.1 Å². The number of benzene rings is 1. The summed E-state index contributed by atoms with van der Waals surface area (Å²) in [4.78, 5) is 22.4. The van der Waals surface area contributed by atoms with Crippen molar-refractivity contribution in [3.63, 3.8) is 0 Å². The standard InChI is InChI=1S/C17H22F3NO6/c1-16(2,3)27-15(26)21-7-6-12(22)13(23)9-4-5-10(14(24)25)11(8-9)17(18,19)20/h4-5,8,12-13,22-23H,6-7H2,1-3H3,(H,21,26)(H,24,25). The van der Waals surface area contributed by atoms with E-state index in [0.29, 0.717) is 6.07 Å². The molecule has 0 bridgehead atoms. The van der Waals surface area contributed by atoms with Gasteiger partial charge in [0, 0.05) is 6.54 Å². The smallest absolute Gasteiger partial charge is 0.417 e. The molecule has 2 atom stereocenters. The van der Waals surface area contributed by atoms with Gasteiger partial charge in [0.1, 0.15) is 11.7 Å². The minimum atomic E-state index is -4.94. The van der Waals surface area contributed by atoms with E-state index in [1.54, 1.807) is 20.8 Å². The van der Waals surface area contributed by atoms with E-state index in [-0.39, 0.29) is 18.5 Å². The minimum absolute atomic E-state index is 0.0908. The van der Waals surface area contributed by atoms with E-state index in [4.69, 9.17) is 9.84 Å². The molecule has 0 heterocycles. The molecule has 0 saturated carbocycles. The molecule has 0 saturated heterocycles. The van der Waals surface area contributed by atoms with E-state index in [2.05, 4.69) is 5.32 Å². The SMILES string of the molecule is CC(C)(C)OC(=O)NCCC(O)C(O)c1ccc(C(=O)O)c(C(F)(F)F)c1. The summed E-state index contributed by atoms with van der Waals surface area (Å²) in [7, 11) is 0. The first-order valence-corrected chi connectivity index (χ1v) is 8.00. The maximum absolute atomic E-state index is 13.0. The van der Waals surface area contributed by atoms with Gasteiger partial charge < -0.3 is 25.4 Å². The maximum Gasteiger partial charge on any atom is 0.417 e. The summed E-state index contributed by atoms with van der Waals surface area (Å²) in [6, 6.07) is 2.20. The van der Waals surface area contributed by atoms with Crippen LogP contribution in [0, 0.1) is 0 Å². The number of nitrogens with one attached hydrogen (secondary N) is 1. The van der Waals surface area contributed by atoms with E-state index in [1.807, 2.05) is 0 Å². The van der Waals surface area contributed by atoms with Crippen LogP contribution in [-0.2, 0) is 10.9 Å². The summed E-state index contributed by atoms with van der Waals surface area (Å²) in [6.45, 7) is 4.88. The van der Waals surface area contributed by atoms with Gasteiger partial charge in [0.2, 0.25) is 0 Å². The van der Waals surface area contributed by atoms with Crippen molar-refractivity contribution < 1.29 is 42.8 Å². The number of alkyl carbamates (subject to hydrolysis) is 1. The second-order valence-electron chi connectivity index (χ2n) is 6.84. The molecule has 7 nitrogen and oxygen atoms in total. The summed E-state index contributed by atoms with van der Waals surface area (Å²) < 4.78 is 44.0. The van der Waals surface area contributed by atoms with E-state index in [0.717, 1.165) is 12.1 Å². The van der Waals surface area contributed by atoms with Crippen LogP contribution in [0.2, 0.25) is 0 Å². The fourth-order valence-corrected chi connectivity index (χ4v) is 2.18. The van der Waals surface area contributed by atoms with Crippen molar-refractivity contribution in [3.8, 4) is 0 Å². The summed E-state index contributed by atoms with van der Waals surface area (Å²) in [5.41, 5.74) is -3.40. The van der Waals surface area contributed by atoms with E-state index < -0.39 is 47.2 Å². The fraction of sp³-hybridized carbons (Fsp3) is 0.529. The number of halogens is 3. The number of carbonyl (C=O) groups excluding carboxylic acids is 1. The lowest BCUT2D eigenvalue weighted by Crippen LogP contribution is -2.34. The van der Waals surface area contributed by atoms with Gasteiger partial charge in [-0.25, -0.2) is 9.59 Å². The third-order valence-corrected chi connectivity index (χ3v) is 3.39. The average Bonchev–Trinajstić information content (AvgIpc) is 2.50. The van der Waals surface area contributed by atoms with Crippen LogP contribution in [0.3, 0.4) is 0 Å². The van der Waals surface area contributed by atoms with Crippen molar-refractivity contribution in [2.75, 3.05) is 6.54 Å². The van der Waals surface area contributed by atoms with Gasteiger partial charge in [0.05, 0.1) is 17.2 Å². The summed E-state index contributed by atoms with van der Waals surface area (Å²) >= 11 is 0. The molecule has 2 unspecified atom stereocenters. The predicted octanol–water partition coefficient (Wildman–Crippen LogP) is 2.71. The largest absolute Gasteiger partial charge is 0.478 e. The van der Waals surface area contributed by atoms with E-state index in [9.17, 15) is 33.0 Å². The molecule has 0 aliphatic carbocycles. The predicted molar refractivity (Wildman–Crippen MR) is 88.2 cm³/mol. The lowest BCUT2D eigenvalue weighted by atomic mass is 9.97. The molecule has 4 N–H and O–H groups in total. The Labute approximate surface area is 153 Å². The number of hydrogen-bond donors (Lipinski definition) is 4. The van der Waals surface area contributed by atoms with Crippen LogP contribution in [0.15, 0.2) is 18.2 Å². The Hall–Kier alpha value is -2.33. The second-order valence-corrected chi connectivity index (χ2v) is 6.84. The lowest BCUT2D eigenvalue weighted by molar-refractivity contribution is -0.138. The highest BCUT2D eigenvalue weighted by Gasteiger charge is 2.36. The van der Waals surface area contributed by atoms with E-state index >= 15 is 0 Å². The first-order chi connectivity index (χ1) is 12.2. The second kappa shape index (κ2) is 8.57. The summed E-state index contributed by atoms with van der Waals surface area (Å²) in [5.74, 6) is -1.76. The number of aliphatic hydroxyl groups excluding tert-OH is 2. The molecule has 152 valence electrons. The lowest BCUT2D eigenvalue weighted by Gasteiger charge is -2.22. The van der Waals surface area contributed by atoms with Gasteiger partial charge in [0.25, 0.3) is 0 Å². The highest BCUT2D eigenvalue weighted by atomic mass is 19.4. The topological polar surface area (TPSA) is 116 Å². The van der Waals surface area contributed by atoms with E-state index in [1.165, 1.54) is 0 Å². The first-order valence-electron chi connectivity index (χ1n) is 8.00. The molecule has 0 aromatic heterocycles. The first kappa shape index (κ1) is 22.7. The zero-order valence-corrected chi connectivity index (χ0v) is 15.0. The van der Waals surface area contributed by atoms with Crippen molar-refractivity contribution in [2.45, 2.75) is 51.2 Å². The highest BCUT2D eigenvalue weighted by molar-refractivity contribution is 5.89. The molecular formula is C17H22F3NO6. The molecule has 1 amide bonds. The molecule has 10 heteroatoms. The zero-order valence-electron chi connectivity index (χ0n) is 15.0. The quantitative estimate of drug-likeness (QED) is 0.591. The number of hydrogen-bond acceptors (Lipinski definition) is 5. The Morgan fingerprint density at radius 3 is 2.26 bits per heavy atom. The molecule has 1 aromatic rings. The molecule has 1 aromatic carbocycles. The number of alkyl halides is 3. The van der Waals surface area contributed by atoms with Gasteiger partial charge in [0.15, 0.2) is 0 Å². The Morgan fingerprint density at radius 2 is 1.78 bits per heavy atom. The Morgan fingerprint density at radius 1 is 1.19 bits per heavy atom. The molecule has 0 fully saturated rings. The number of carbonyl (C=O) groups is 2. The Kier molecular flexibility index (Phi) is 7.21. The number of carboxylic acid groups (broad SMARTS) is 1. The van der Waals surface area contributed by atoms with Gasteiger partial charge in [-0.3, -0.25) is 0 Å². The third kappa shape index (κ3) is 7.06. The Balaban J connectivity index is 2.79. The van der Waals surface area contributed by atoms with Crippen LogP contribution in [0.4, 0.5) is 18.0 Å². The minimum Gasteiger partial charge on any atom is -0.478 e. The molecule has 0 aliphatic heterocycles. The van der Waals surface area contributed by atoms with Gasteiger partial charge in [-0.2, -0.15) is 13.2 Å². The Bertz CT molecular complexity index is 684. The van der Waals surface area contributed by atoms with Crippen molar-refractivity contribution in [2.24, 2.45) is 0 Å². The van der Waals surface area contributed by atoms with Crippen molar-refractivity contribution in [3.05, 3.63) is 34.9 Å². The average molecular weight is 393 g/mol.